The first-order valence-corrected chi connectivity index (χ1v) is 9.32. The lowest BCUT2D eigenvalue weighted by Crippen LogP contribution is -3.15. The molecule has 0 bridgehead atoms. The number of quaternary nitrogens is 1. The van der Waals surface area contributed by atoms with Crippen molar-refractivity contribution in [2.75, 3.05) is 19.9 Å². The predicted molar refractivity (Wildman–Crippen MR) is 91.3 cm³/mol. The third-order valence-corrected chi connectivity index (χ3v) is 6.23. The van der Waals surface area contributed by atoms with Gasteiger partial charge in [-0.3, -0.25) is 4.79 Å². The van der Waals surface area contributed by atoms with E-state index in [4.69, 9.17) is 15.2 Å². The molecule has 1 saturated heterocycles. The summed E-state index contributed by atoms with van der Waals surface area (Å²) in [6, 6.07) is 6.26. The molecule has 4 rings (SSSR count). The van der Waals surface area contributed by atoms with Crippen LogP contribution in [0.5, 0.6) is 11.5 Å². The van der Waals surface area contributed by atoms with Gasteiger partial charge in [-0.05, 0) is 31.0 Å². The van der Waals surface area contributed by atoms with Gasteiger partial charge in [0.05, 0.1) is 25.1 Å². The molecular formula is C19H27N2O4+. The number of fused-ring (bicyclic) bond motifs is 2. The van der Waals surface area contributed by atoms with Crippen molar-refractivity contribution in [1.82, 2.24) is 0 Å². The van der Waals surface area contributed by atoms with Crippen LogP contribution in [0.15, 0.2) is 18.2 Å². The van der Waals surface area contributed by atoms with Crippen molar-refractivity contribution in [1.29, 1.82) is 0 Å². The molecule has 0 radical (unpaired) electrons. The van der Waals surface area contributed by atoms with Crippen LogP contribution in [-0.2, 0) is 4.79 Å². The first-order chi connectivity index (χ1) is 12.1. The van der Waals surface area contributed by atoms with E-state index in [9.17, 15) is 9.90 Å². The van der Waals surface area contributed by atoms with Crippen molar-refractivity contribution in [3.8, 4) is 11.5 Å². The van der Waals surface area contributed by atoms with Crippen molar-refractivity contribution in [2.45, 2.75) is 50.2 Å². The third-order valence-electron chi connectivity index (χ3n) is 6.23. The van der Waals surface area contributed by atoms with Crippen molar-refractivity contribution >= 4 is 5.91 Å². The fraction of sp³-hybridized carbons (Fsp3) is 0.632. The number of carbonyl (C=O) groups excluding carboxylic acids is 1. The Morgan fingerprint density at radius 2 is 2.12 bits per heavy atom. The van der Waals surface area contributed by atoms with E-state index in [0.29, 0.717) is 13.0 Å². The Morgan fingerprint density at radius 3 is 2.96 bits per heavy atom. The van der Waals surface area contributed by atoms with Crippen molar-refractivity contribution < 1.29 is 24.3 Å². The Bertz CT molecular complexity index is 665. The van der Waals surface area contributed by atoms with Crippen molar-refractivity contribution in [2.24, 2.45) is 11.7 Å². The van der Waals surface area contributed by atoms with Crippen LogP contribution < -0.4 is 20.1 Å². The van der Waals surface area contributed by atoms with Gasteiger partial charge in [0.2, 0.25) is 12.7 Å². The first-order valence-electron chi connectivity index (χ1n) is 9.32. The summed E-state index contributed by atoms with van der Waals surface area (Å²) in [4.78, 5) is 12.6. The van der Waals surface area contributed by atoms with E-state index in [1.807, 2.05) is 6.07 Å². The second-order valence-corrected chi connectivity index (χ2v) is 7.67. The van der Waals surface area contributed by atoms with Gasteiger partial charge in [-0.1, -0.05) is 12.8 Å². The number of likely N-dealkylation sites (tertiary alicyclic amines) is 1. The lowest BCUT2D eigenvalue weighted by Gasteiger charge is -2.50. The maximum absolute atomic E-state index is 11.3. The maximum Gasteiger partial charge on any atom is 0.231 e. The van der Waals surface area contributed by atoms with Crippen LogP contribution >= 0.6 is 0 Å². The van der Waals surface area contributed by atoms with Crippen molar-refractivity contribution in [3.05, 3.63) is 23.8 Å². The van der Waals surface area contributed by atoms with Crippen molar-refractivity contribution in [3.63, 3.8) is 0 Å². The molecule has 4 atom stereocenters. The Labute approximate surface area is 147 Å². The van der Waals surface area contributed by atoms with E-state index >= 15 is 0 Å². The molecule has 4 N–H and O–H groups in total. The summed E-state index contributed by atoms with van der Waals surface area (Å²) in [6.45, 7) is 1.83. The lowest BCUT2D eigenvalue weighted by molar-refractivity contribution is -0.944. The zero-order valence-electron chi connectivity index (χ0n) is 14.5. The third kappa shape index (κ3) is 3.09. The SMILES string of the molecule is NC(=O)CC[NH+]1CC[C@]2(O)CCCC[C@H]2[C@H]1c1ccc2c(c1)OCO2. The molecule has 2 fully saturated rings. The van der Waals surface area contributed by atoms with Gasteiger partial charge in [-0.2, -0.15) is 0 Å². The topological polar surface area (TPSA) is 86.2 Å². The van der Waals surface area contributed by atoms with Crippen LogP contribution in [0.3, 0.4) is 0 Å². The zero-order chi connectivity index (χ0) is 17.4. The largest absolute Gasteiger partial charge is 0.454 e. The Hall–Kier alpha value is -1.79. The number of carbonyl (C=O) groups is 1. The highest BCUT2D eigenvalue weighted by Crippen LogP contribution is 2.45. The van der Waals surface area contributed by atoms with E-state index in [1.165, 1.54) is 4.90 Å². The van der Waals surface area contributed by atoms with Crippen LogP contribution in [0.4, 0.5) is 0 Å². The monoisotopic (exact) mass is 347 g/mol. The number of benzene rings is 1. The zero-order valence-corrected chi connectivity index (χ0v) is 14.5. The van der Waals surface area contributed by atoms with Gasteiger partial charge in [-0.15, -0.1) is 0 Å². The summed E-state index contributed by atoms with van der Waals surface area (Å²) in [5.41, 5.74) is 5.96. The van der Waals surface area contributed by atoms with Crippen LogP contribution in [0.2, 0.25) is 0 Å². The van der Waals surface area contributed by atoms with Gasteiger partial charge in [-0.25, -0.2) is 0 Å². The van der Waals surface area contributed by atoms with E-state index in [2.05, 4.69) is 12.1 Å². The average Bonchev–Trinajstić information content (AvgIpc) is 3.06. The second-order valence-electron chi connectivity index (χ2n) is 7.67. The van der Waals surface area contributed by atoms with Crippen LogP contribution in [0.25, 0.3) is 0 Å². The van der Waals surface area contributed by atoms with Gasteiger partial charge < -0.3 is 25.2 Å². The number of nitrogens with one attached hydrogen (secondary N) is 1. The van der Waals surface area contributed by atoms with Crippen LogP contribution in [-0.4, -0.2) is 36.5 Å². The summed E-state index contributed by atoms with van der Waals surface area (Å²) in [5.74, 6) is 1.49. The number of hydrogen-bond acceptors (Lipinski definition) is 4. The molecule has 3 aliphatic rings. The Kier molecular flexibility index (Phi) is 4.33. The van der Waals surface area contributed by atoms with E-state index in [0.717, 1.165) is 55.7 Å². The molecule has 1 aromatic rings. The van der Waals surface area contributed by atoms with Crippen LogP contribution in [0.1, 0.15) is 50.1 Å². The Morgan fingerprint density at radius 1 is 1.28 bits per heavy atom. The van der Waals surface area contributed by atoms with Gasteiger partial charge in [0.25, 0.3) is 0 Å². The molecule has 0 spiro atoms. The minimum atomic E-state index is -0.588. The summed E-state index contributed by atoms with van der Waals surface area (Å²) in [7, 11) is 0. The number of hydrogen-bond donors (Lipinski definition) is 3. The minimum absolute atomic E-state index is 0.160. The molecule has 1 unspecified atom stereocenters. The predicted octanol–water partition coefficient (Wildman–Crippen LogP) is 0.542. The lowest BCUT2D eigenvalue weighted by atomic mass is 9.66. The summed E-state index contributed by atoms with van der Waals surface area (Å²) in [5, 5.41) is 11.3. The molecule has 2 aliphatic heterocycles. The molecule has 1 aromatic carbocycles. The van der Waals surface area contributed by atoms with E-state index in [-0.39, 0.29) is 24.7 Å². The highest BCUT2D eigenvalue weighted by Gasteiger charge is 2.51. The number of nitrogens with two attached hydrogens (primary N) is 1. The normalized spacial score (nSPS) is 33.7. The average molecular weight is 347 g/mol. The molecule has 1 aliphatic carbocycles. The van der Waals surface area contributed by atoms with Gasteiger partial charge in [0.1, 0.15) is 6.04 Å². The smallest absolute Gasteiger partial charge is 0.231 e. The molecular weight excluding hydrogens is 320 g/mol. The molecule has 6 heteroatoms. The Balaban J connectivity index is 1.67. The fourth-order valence-electron chi connectivity index (χ4n) is 4.99. The number of aliphatic hydroxyl groups is 1. The fourth-order valence-corrected chi connectivity index (χ4v) is 4.99. The quantitative estimate of drug-likeness (QED) is 0.742. The molecule has 1 amide bonds. The van der Waals surface area contributed by atoms with E-state index in [1.54, 1.807) is 0 Å². The number of amides is 1. The highest BCUT2D eigenvalue weighted by atomic mass is 16.7. The summed E-state index contributed by atoms with van der Waals surface area (Å²) < 4.78 is 11.0. The highest BCUT2D eigenvalue weighted by molar-refractivity contribution is 5.73. The molecule has 25 heavy (non-hydrogen) atoms. The van der Waals surface area contributed by atoms with Gasteiger partial charge in [0.15, 0.2) is 11.5 Å². The standard InChI is InChI=1S/C19H26N2O4/c20-17(22)6-9-21-10-8-19(23)7-2-1-3-14(19)18(21)13-4-5-15-16(11-13)25-12-24-15/h4-5,11,14,18,23H,1-3,6-10,12H2,(H2,20,22)/p+1/t14-,18+,19+/m0/s1. The number of rotatable bonds is 4. The molecule has 0 aromatic heterocycles. The molecule has 136 valence electrons. The molecule has 1 saturated carbocycles. The number of primary amides is 1. The number of piperidine rings is 1. The first kappa shape index (κ1) is 16.7. The second kappa shape index (κ2) is 6.50. The summed E-state index contributed by atoms with van der Waals surface area (Å²) >= 11 is 0. The number of ether oxygens (including phenoxy) is 2. The molecule has 2 heterocycles. The maximum atomic E-state index is 11.3. The minimum Gasteiger partial charge on any atom is -0.454 e. The van der Waals surface area contributed by atoms with E-state index < -0.39 is 5.60 Å². The molecule has 6 nitrogen and oxygen atoms in total. The van der Waals surface area contributed by atoms with Gasteiger partial charge >= 0.3 is 0 Å². The van der Waals surface area contributed by atoms with Crippen LogP contribution in [0, 0.1) is 5.92 Å². The van der Waals surface area contributed by atoms with Gasteiger partial charge in [0, 0.05) is 17.9 Å². The summed E-state index contributed by atoms with van der Waals surface area (Å²) in [6.07, 6.45) is 5.32.